The summed E-state index contributed by atoms with van der Waals surface area (Å²) in [6.45, 7) is 1.57. The lowest BCUT2D eigenvalue weighted by molar-refractivity contribution is -0.139. The van der Waals surface area contributed by atoms with E-state index in [4.69, 9.17) is 11.6 Å². The molecule has 0 bridgehead atoms. The van der Waals surface area contributed by atoms with Crippen molar-refractivity contribution in [3.63, 3.8) is 0 Å². The van der Waals surface area contributed by atoms with Crippen LogP contribution in [0.4, 0.5) is 0 Å². The van der Waals surface area contributed by atoms with Crippen LogP contribution in [0, 0.1) is 6.92 Å². The molecule has 1 heterocycles. The number of aromatic nitrogens is 2. The number of aromatic hydroxyl groups is 1. The van der Waals surface area contributed by atoms with Crippen LogP contribution in [0.25, 0.3) is 11.1 Å². The molecule has 0 saturated carbocycles. The summed E-state index contributed by atoms with van der Waals surface area (Å²) in [7, 11) is -4.09. The number of hydrogen-bond acceptors (Lipinski definition) is 5. The second kappa shape index (κ2) is 9.60. The molecule has 0 saturated heterocycles. The van der Waals surface area contributed by atoms with E-state index >= 15 is 0 Å². The highest BCUT2D eigenvalue weighted by Crippen LogP contribution is 2.23. The zero-order valence-corrected chi connectivity index (χ0v) is 18.7. The van der Waals surface area contributed by atoms with Crippen LogP contribution in [0.3, 0.4) is 0 Å². The fraction of sp³-hybridized carbons (Fsp3) is 0.238. The number of carboxylic acids is 1. The standard InChI is InChI=1S/C21H22ClN3O6S/c1-13-19(26)25(21(29)23-13)12-2-3-18(20(27)28)24-32(30,31)17-10-6-15(7-11-17)14-4-8-16(22)9-5-14/h4-11,18,24,26H,2-3,12H2,1H3,(H,23,29)(H,27,28)/t18-/m0/s1. The number of benzene rings is 2. The zero-order valence-electron chi connectivity index (χ0n) is 17.1. The number of rotatable bonds is 9. The topological polar surface area (TPSA) is 141 Å². The minimum Gasteiger partial charge on any atom is -0.493 e. The van der Waals surface area contributed by atoms with Gasteiger partial charge in [0.1, 0.15) is 6.04 Å². The normalized spacial score (nSPS) is 12.6. The molecule has 1 atom stereocenters. The van der Waals surface area contributed by atoms with Crippen molar-refractivity contribution < 1.29 is 23.4 Å². The van der Waals surface area contributed by atoms with Crippen molar-refractivity contribution in [1.29, 1.82) is 0 Å². The molecule has 1 aromatic heterocycles. The third kappa shape index (κ3) is 5.39. The molecule has 3 aromatic rings. The number of imidazole rings is 1. The van der Waals surface area contributed by atoms with Crippen molar-refractivity contribution in [3.8, 4) is 17.0 Å². The summed E-state index contributed by atoms with van der Waals surface area (Å²) in [5.41, 5.74) is 1.41. The number of halogens is 1. The number of sulfonamides is 1. The number of aromatic amines is 1. The molecule has 0 aliphatic carbocycles. The van der Waals surface area contributed by atoms with Gasteiger partial charge in [0.05, 0.1) is 10.6 Å². The van der Waals surface area contributed by atoms with E-state index in [-0.39, 0.29) is 30.2 Å². The van der Waals surface area contributed by atoms with Crippen LogP contribution in [0.5, 0.6) is 5.88 Å². The van der Waals surface area contributed by atoms with Gasteiger partial charge in [0, 0.05) is 11.6 Å². The van der Waals surface area contributed by atoms with Crippen molar-refractivity contribution in [2.45, 2.75) is 37.2 Å². The molecular formula is C21H22ClN3O6S. The maximum Gasteiger partial charge on any atom is 0.328 e. The molecule has 0 spiro atoms. The number of nitrogens with zero attached hydrogens (tertiary/aromatic N) is 1. The quantitative estimate of drug-likeness (QED) is 0.372. The Balaban J connectivity index is 1.68. The number of hydrogen-bond donors (Lipinski definition) is 4. The van der Waals surface area contributed by atoms with Gasteiger partial charge in [-0.2, -0.15) is 4.72 Å². The summed E-state index contributed by atoms with van der Waals surface area (Å²) < 4.78 is 28.6. The highest BCUT2D eigenvalue weighted by Gasteiger charge is 2.25. The van der Waals surface area contributed by atoms with Crippen LogP contribution in [0.2, 0.25) is 5.02 Å². The SMILES string of the molecule is Cc1[nH]c(=O)n(CCC[C@H](NS(=O)(=O)c2ccc(-c3ccc(Cl)cc3)cc2)C(=O)O)c1O. The van der Waals surface area contributed by atoms with Crippen LogP contribution in [0.15, 0.2) is 58.2 Å². The van der Waals surface area contributed by atoms with E-state index < -0.39 is 27.7 Å². The van der Waals surface area contributed by atoms with E-state index in [9.17, 15) is 28.2 Å². The molecule has 2 aromatic carbocycles. The van der Waals surface area contributed by atoms with Gasteiger partial charge in [-0.3, -0.25) is 9.36 Å². The Morgan fingerprint density at radius 3 is 2.19 bits per heavy atom. The molecule has 0 unspecified atom stereocenters. The third-order valence-electron chi connectivity index (χ3n) is 4.94. The predicted molar refractivity (Wildman–Crippen MR) is 119 cm³/mol. The molecule has 32 heavy (non-hydrogen) atoms. The van der Waals surface area contributed by atoms with Gasteiger partial charge in [-0.1, -0.05) is 35.9 Å². The molecule has 9 nitrogen and oxygen atoms in total. The number of carbonyl (C=O) groups is 1. The highest BCUT2D eigenvalue weighted by molar-refractivity contribution is 7.89. The minimum absolute atomic E-state index is 0.0380. The number of aryl methyl sites for hydroxylation is 1. The van der Waals surface area contributed by atoms with E-state index in [0.29, 0.717) is 10.7 Å². The molecule has 0 aliphatic heterocycles. The van der Waals surface area contributed by atoms with Crippen LogP contribution in [0.1, 0.15) is 18.5 Å². The Bertz CT molecular complexity index is 1260. The van der Waals surface area contributed by atoms with E-state index in [1.165, 1.54) is 19.1 Å². The third-order valence-corrected chi connectivity index (χ3v) is 6.68. The van der Waals surface area contributed by atoms with Gasteiger partial charge in [0.15, 0.2) is 0 Å². The smallest absolute Gasteiger partial charge is 0.328 e. The monoisotopic (exact) mass is 479 g/mol. The van der Waals surface area contributed by atoms with Crippen molar-refractivity contribution >= 4 is 27.6 Å². The lowest BCUT2D eigenvalue weighted by Gasteiger charge is -2.15. The molecule has 0 amide bonds. The summed E-state index contributed by atoms with van der Waals surface area (Å²) in [6.07, 6.45) is 0.0767. The van der Waals surface area contributed by atoms with E-state index in [0.717, 1.165) is 15.7 Å². The lowest BCUT2D eigenvalue weighted by atomic mass is 10.1. The number of nitrogens with one attached hydrogen (secondary N) is 2. The lowest BCUT2D eigenvalue weighted by Crippen LogP contribution is -2.40. The minimum atomic E-state index is -4.09. The van der Waals surface area contributed by atoms with E-state index in [1.54, 1.807) is 36.4 Å². The van der Waals surface area contributed by atoms with Gasteiger partial charge in [-0.25, -0.2) is 13.2 Å². The van der Waals surface area contributed by atoms with Crippen molar-refractivity contribution in [3.05, 3.63) is 69.7 Å². The zero-order chi connectivity index (χ0) is 23.5. The fourth-order valence-electron chi connectivity index (χ4n) is 3.20. The van der Waals surface area contributed by atoms with Gasteiger partial charge in [0.2, 0.25) is 15.9 Å². The highest BCUT2D eigenvalue weighted by atomic mass is 35.5. The first-order valence-corrected chi connectivity index (χ1v) is 11.5. The summed E-state index contributed by atoms with van der Waals surface area (Å²) >= 11 is 5.88. The van der Waals surface area contributed by atoms with Crippen molar-refractivity contribution in [2.24, 2.45) is 0 Å². The Kier molecular flexibility index (Phi) is 7.07. The fourth-order valence-corrected chi connectivity index (χ4v) is 4.55. The van der Waals surface area contributed by atoms with Gasteiger partial charge in [0.25, 0.3) is 0 Å². The Hall–Kier alpha value is -3.08. The molecule has 11 heteroatoms. The number of aliphatic carboxylic acids is 1. The average molecular weight is 480 g/mol. The predicted octanol–water partition coefficient (Wildman–Crippen LogP) is 2.72. The van der Waals surface area contributed by atoms with Gasteiger partial charge in [-0.05, 0) is 55.2 Å². The maximum absolute atomic E-state index is 12.7. The maximum atomic E-state index is 12.7. The molecule has 0 fully saturated rings. The van der Waals surface area contributed by atoms with Gasteiger partial charge < -0.3 is 15.2 Å². The van der Waals surface area contributed by atoms with E-state index in [2.05, 4.69) is 9.71 Å². The molecule has 0 radical (unpaired) electrons. The molecule has 0 aliphatic rings. The Morgan fingerprint density at radius 1 is 1.12 bits per heavy atom. The van der Waals surface area contributed by atoms with Crippen LogP contribution < -0.4 is 10.4 Å². The first-order chi connectivity index (χ1) is 15.1. The second-order valence-corrected chi connectivity index (χ2v) is 9.37. The van der Waals surface area contributed by atoms with Crippen LogP contribution >= 0.6 is 11.6 Å². The molecule has 3 rings (SSSR count). The summed E-state index contributed by atoms with van der Waals surface area (Å²) in [6, 6.07) is 11.7. The van der Waals surface area contributed by atoms with Crippen LogP contribution in [-0.2, 0) is 21.4 Å². The van der Waals surface area contributed by atoms with Gasteiger partial charge in [-0.15, -0.1) is 0 Å². The summed E-state index contributed by atoms with van der Waals surface area (Å²) in [4.78, 5) is 25.7. The second-order valence-electron chi connectivity index (χ2n) is 7.22. The number of carboxylic acid groups (broad SMARTS) is 1. The van der Waals surface area contributed by atoms with Crippen molar-refractivity contribution in [2.75, 3.05) is 0 Å². The first kappa shape index (κ1) is 23.6. The first-order valence-electron chi connectivity index (χ1n) is 9.68. The van der Waals surface area contributed by atoms with Crippen molar-refractivity contribution in [1.82, 2.24) is 14.3 Å². The Labute approximate surface area is 189 Å². The molecule has 4 N–H and O–H groups in total. The average Bonchev–Trinajstić information content (AvgIpc) is 2.99. The largest absolute Gasteiger partial charge is 0.493 e. The van der Waals surface area contributed by atoms with Crippen LogP contribution in [-0.4, -0.2) is 40.2 Å². The Morgan fingerprint density at radius 2 is 1.69 bits per heavy atom. The summed E-state index contributed by atoms with van der Waals surface area (Å²) in [5.74, 6) is -1.57. The number of H-pyrrole nitrogens is 1. The van der Waals surface area contributed by atoms with E-state index in [1.807, 2.05) is 0 Å². The molecule has 170 valence electrons. The summed E-state index contributed by atoms with van der Waals surface area (Å²) in [5, 5.41) is 19.9. The van der Waals surface area contributed by atoms with Gasteiger partial charge >= 0.3 is 11.7 Å². The molecular weight excluding hydrogens is 458 g/mol.